The molecular weight excluding hydrogens is 710 g/mol. The fraction of sp³-hybridized carbons (Fsp3) is 0.128. The van der Waals surface area contributed by atoms with Gasteiger partial charge in [0, 0.05) is 41.4 Å². The third-order valence-electron chi connectivity index (χ3n) is 8.86. The molecule has 10 nitrogen and oxygen atoms in total. The van der Waals surface area contributed by atoms with Gasteiger partial charge >= 0.3 is 5.97 Å². The number of aliphatic carboxylic acids is 1. The minimum absolute atomic E-state index is 0.247. The summed E-state index contributed by atoms with van der Waals surface area (Å²) in [6, 6.07) is 20.5. The second kappa shape index (κ2) is 14.4. The van der Waals surface area contributed by atoms with Gasteiger partial charge in [-0.15, -0.1) is 0 Å². The SMILES string of the molecule is O=C(NC(Cc1ccc(-c2cccc3c2OCCC3)c2ncccc12)C(=O)O)c1c(F)cc(NS(=O)(=O)c2ccc(-c3ccnc(F)c3)cc2)cc1F. The number of aryl methyl sites for hydroxylation is 1. The van der Waals surface area contributed by atoms with Crippen molar-refractivity contribution in [1.82, 2.24) is 15.3 Å². The van der Waals surface area contributed by atoms with Crippen LogP contribution in [0.25, 0.3) is 33.2 Å². The molecule has 0 radical (unpaired) electrons. The number of carbonyl (C=O) groups is 2. The summed E-state index contributed by atoms with van der Waals surface area (Å²) in [5.74, 6) is -5.59. The highest BCUT2D eigenvalue weighted by molar-refractivity contribution is 7.92. The first-order valence-corrected chi connectivity index (χ1v) is 17.9. The van der Waals surface area contributed by atoms with Gasteiger partial charge in [0.1, 0.15) is 29.0 Å². The molecule has 1 unspecified atom stereocenters. The lowest BCUT2D eigenvalue weighted by atomic mass is 9.92. The van der Waals surface area contributed by atoms with Gasteiger partial charge in [-0.05, 0) is 71.5 Å². The zero-order chi connectivity index (χ0) is 37.3. The molecule has 1 amide bonds. The van der Waals surface area contributed by atoms with Gasteiger partial charge in [0.2, 0.25) is 5.95 Å². The fourth-order valence-electron chi connectivity index (χ4n) is 6.35. The normalized spacial score (nSPS) is 13.1. The highest BCUT2D eigenvalue weighted by Gasteiger charge is 2.28. The number of nitrogens with zero attached hydrogens (tertiary/aromatic N) is 2. The summed E-state index contributed by atoms with van der Waals surface area (Å²) in [4.78, 5) is 33.3. The van der Waals surface area contributed by atoms with Gasteiger partial charge in [-0.1, -0.05) is 48.5 Å². The van der Waals surface area contributed by atoms with E-state index in [2.05, 4.69) is 20.0 Å². The lowest BCUT2D eigenvalue weighted by Crippen LogP contribution is -2.43. The summed E-state index contributed by atoms with van der Waals surface area (Å²) in [6.07, 6.45) is 4.41. The highest BCUT2D eigenvalue weighted by Crippen LogP contribution is 2.39. The largest absolute Gasteiger partial charge is 0.493 e. The molecule has 268 valence electrons. The van der Waals surface area contributed by atoms with Crippen molar-refractivity contribution in [2.24, 2.45) is 0 Å². The summed E-state index contributed by atoms with van der Waals surface area (Å²) >= 11 is 0. The number of carboxylic acid groups (broad SMARTS) is 1. The van der Waals surface area contributed by atoms with Crippen molar-refractivity contribution in [2.45, 2.75) is 30.2 Å². The van der Waals surface area contributed by atoms with Gasteiger partial charge in [-0.25, -0.2) is 27.0 Å². The lowest BCUT2D eigenvalue weighted by Gasteiger charge is -2.21. The van der Waals surface area contributed by atoms with E-state index in [0.717, 1.165) is 35.3 Å². The summed E-state index contributed by atoms with van der Waals surface area (Å²) in [7, 11) is -4.36. The number of sulfonamides is 1. The maximum Gasteiger partial charge on any atom is 0.326 e. The molecule has 1 aliphatic heterocycles. The number of hydrogen-bond donors (Lipinski definition) is 3. The Bertz CT molecular complexity index is 2490. The molecule has 0 spiro atoms. The molecule has 3 heterocycles. The molecule has 3 N–H and O–H groups in total. The van der Waals surface area contributed by atoms with Crippen LogP contribution < -0.4 is 14.8 Å². The molecule has 6 aromatic rings. The van der Waals surface area contributed by atoms with Crippen LogP contribution in [0.1, 0.15) is 27.9 Å². The molecular formula is C39H29F3N4O6S. The number of rotatable bonds is 10. The second-order valence-electron chi connectivity index (χ2n) is 12.3. The average Bonchev–Trinajstić information content (AvgIpc) is 3.14. The number of aromatic nitrogens is 2. The Hall–Kier alpha value is -6.28. The maximum absolute atomic E-state index is 15.3. The first-order chi connectivity index (χ1) is 25.5. The molecule has 53 heavy (non-hydrogen) atoms. The number of fused-ring (bicyclic) bond motifs is 2. The van der Waals surface area contributed by atoms with E-state index in [1.807, 2.05) is 18.2 Å². The number of amides is 1. The molecule has 0 aliphatic carbocycles. The first kappa shape index (κ1) is 35.1. The van der Waals surface area contributed by atoms with Gasteiger partial charge in [0.05, 0.1) is 22.7 Å². The van der Waals surface area contributed by atoms with Crippen LogP contribution in [0, 0.1) is 17.6 Å². The summed E-state index contributed by atoms with van der Waals surface area (Å²) in [5, 5.41) is 12.9. The van der Waals surface area contributed by atoms with Gasteiger partial charge in [0.25, 0.3) is 15.9 Å². The van der Waals surface area contributed by atoms with Crippen LogP contribution in [0.2, 0.25) is 0 Å². The van der Waals surface area contributed by atoms with Crippen molar-refractivity contribution in [3.63, 3.8) is 0 Å². The smallest absolute Gasteiger partial charge is 0.326 e. The molecule has 1 atom stereocenters. The van der Waals surface area contributed by atoms with Crippen LogP contribution in [0.15, 0.2) is 108 Å². The fourth-order valence-corrected chi connectivity index (χ4v) is 7.39. The number of pyridine rings is 2. The number of carboxylic acids is 1. The molecule has 2 aromatic heterocycles. The highest BCUT2D eigenvalue weighted by atomic mass is 32.2. The van der Waals surface area contributed by atoms with E-state index in [1.54, 1.807) is 30.5 Å². The third kappa shape index (κ3) is 7.26. The van der Waals surface area contributed by atoms with Crippen LogP contribution >= 0.6 is 0 Å². The second-order valence-corrected chi connectivity index (χ2v) is 14.0. The predicted octanol–water partition coefficient (Wildman–Crippen LogP) is 6.93. The monoisotopic (exact) mass is 738 g/mol. The Morgan fingerprint density at radius 2 is 1.62 bits per heavy atom. The number of para-hydroxylation sites is 1. The Balaban J connectivity index is 1.10. The first-order valence-electron chi connectivity index (χ1n) is 16.4. The number of ether oxygens (including phenoxy) is 1. The minimum Gasteiger partial charge on any atom is -0.493 e. The Kier molecular flexibility index (Phi) is 9.54. The lowest BCUT2D eigenvalue weighted by molar-refractivity contribution is -0.139. The summed E-state index contributed by atoms with van der Waals surface area (Å²) in [5.41, 5.74) is 3.13. The third-order valence-corrected chi connectivity index (χ3v) is 10.3. The average molecular weight is 739 g/mol. The molecule has 0 bridgehead atoms. The van der Waals surface area contributed by atoms with E-state index in [1.165, 1.54) is 42.6 Å². The Morgan fingerprint density at radius 1 is 0.849 bits per heavy atom. The molecule has 7 rings (SSSR count). The molecule has 0 saturated heterocycles. The number of halogens is 3. The van der Waals surface area contributed by atoms with Crippen molar-refractivity contribution in [3.8, 4) is 28.0 Å². The van der Waals surface area contributed by atoms with Crippen LogP contribution in [-0.4, -0.2) is 48.0 Å². The van der Waals surface area contributed by atoms with E-state index in [0.29, 0.717) is 46.3 Å². The Morgan fingerprint density at radius 3 is 2.36 bits per heavy atom. The van der Waals surface area contributed by atoms with E-state index in [4.69, 9.17) is 4.74 Å². The van der Waals surface area contributed by atoms with Crippen molar-refractivity contribution in [3.05, 3.63) is 138 Å². The zero-order valence-electron chi connectivity index (χ0n) is 27.6. The van der Waals surface area contributed by atoms with E-state index >= 15 is 8.78 Å². The van der Waals surface area contributed by atoms with E-state index in [-0.39, 0.29) is 11.3 Å². The van der Waals surface area contributed by atoms with Crippen LogP contribution in [-0.2, 0) is 27.7 Å². The number of carbonyl (C=O) groups excluding carboxylic acids is 1. The van der Waals surface area contributed by atoms with Crippen molar-refractivity contribution < 1.29 is 41.0 Å². The van der Waals surface area contributed by atoms with Crippen LogP contribution in [0.3, 0.4) is 0 Å². The van der Waals surface area contributed by atoms with Crippen molar-refractivity contribution in [2.75, 3.05) is 11.3 Å². The van der Waals surface area contributed by atoms with E-state index in [9.17, 15) is 27.5 Å². The molecule has 1 aliphatic rings. The Labute approximate surface area is 301 Å². The van der Waals surface area contributed by atoms with Gasteiger partial charge in [0.15, 0.2) is 0 Å². The quantitative estimate of drug-likeness (QED) is 0.128. The van der Waals surface area contributed by atoms with Gasteiger partial charge in [-0.3, -0.25) is 14.5 Å². The molecule has 4 aromatic carbocycles. The standard InChI is InChI=1S/C39H29F3N4O6S/c40-31-20-26(46-53(50,51)27-11-8-22(9-12-27)24-14-16-43-34(42)19-24)21-32(41)35(31)38(47)45-33(39(48)49)18-25-10-13-29(36-28(25)7-2-15-44-36)30-6-1-4-23-5-3-17-52-37(23)30/h1-2,4,6-16,19-21,33,46H,3,5,17-18H2,(H,45,47)(H,48,49). The molecule has 14 heteroatoms. The molecule has 0 saturated carbocycles. The van der Waals surface area contributed by atoms with Gasteiger partial charge < -0.3 is 15.2 Å². The van der Waals surface area contributed by atoms with Crippen molar-refractivity contribution >= 4 is 38.5 Å². The minimum atomic E-state index is -4.36. The predicted molar refractivity (Wildman–Crippen MR) is 190 cm³/mol. The zero-order valence-corrected chi connectivity index (χ0v) is 28.5. The van der Waals surface area contributed by atoms with E-state index < -0.39 is 56.8 Å². The number of hydrogen-bond acceptors (Lipinski definition) is 7. The maximum atomic E-state index is 15.3. The van der Waals surface area contributed by atoms with Crippen LogP contribution in [0.4, 0.5) is 18.9 Å². The summed E-state index contributed by atoms with van der Waals surface area (Å²) in [6.45, 7) is 0.584. The number of anilines is 1. The van der Waals surface area contributed by atoms with Crippen molar-refractivity contribution in [1.29, 1.82) is 0 Å². The van der Waals surface area contributed by atoms with Crippen LogP contribution in [0.5, 0.6) is 5.75 Å². The topological polar surface area (TPSA) is 148 Å². The number of nitrogens with one attached hydrogen (secondary N) is 2. The van der Waals surface area contributed by atoms with Gasteiger partial charge in [-0.2, -0.15) is 4.39 Å². The molecule has 0 fully saturated rings. The number of benzene rings is 4. The summed E-state index contributed by atoms with van der Waals surface area (Å²) < 4.78 is 78.2.